The van der Waals surface area contributed by atoms with E-state index in [9.17, 15) is 13.2 Å². The van der Waals surface area contributed by atoms with E-state index in [4.69, 9.17) is 0 Å². The van der Waals surface area contributed by atoms with E-state index >= 15 is 8.63 Å². The summed E-state index contributed by atoms with van der Waals surface area (Å²) in [6, 6.07) is 5.30. The monoisotopic (exact) mass is 504 g/mol. The second-order valence-corrected chi connectivity index (χ2v) is 11.9. The zero-order valence-electron chi connectivity index (χ0n) is 18.3. The molecule has 3 aromatic rings. The van der Waals surface area contributed by atoms with Crippen molar-refractivity contribution in [3.05, 3.63) is 72.6 Å². The highest BCUT2D eigenvalue weighted by molar-refractivity contribution is 7.15. The summed E-state index contributed by atoms with van der Waals surface area (Å²) in [5.41, 5.74) is 1.74. The molecular weight excluding hydrogens is 486 g/mol. The highest BCUT2D eigenvalue weighted by atomic mass is 32.1. The number of aromatic nitrogens is 1. The second-order valence-electron chi connectivity index (χ2n) is 9.43. The number of halogens is 5. The van der Waals surface area contributed by atoms with Crippen LogP contribution < -0.4 is 0 Å². The lowest BCUT2D eigenvalue weighted by molar-refractivity contribution is -0.362. The minimum atomic E-state index is -4.77. The van der Waals surface area contributed by atoms with Crippen molar-refractivity contribution in [3.63, 3.8) is 0 Å². The Labute approximate surface area is 200 Å². The van der Waals surface area contributed by atoms with Crippen LogP contribution in [-0.4, -0.2) is 27.8 Å². The summed E-state index contributed by atoms with van der Waals surface area (Å²) in [6.07, 6.45) is -1.20. The lowest BCUT2D eigenvalue weighted by atomic mass is 9.86. The molecule has 0 aromatic carbocycles. The maximum Gasteiger partial charge on any atom is 0.738 e. The molecule has 2 aliphatic carbocycles. The molecule has 2 aliphatic heterocycles. The van der Waals surface area contributed by atoms with Crippen molar-refractivity contribution in [2.24, 2.45) is 0 Å². The van der Waals surface area contributed by atoms with Gasteiger partial charge in [-0.05, 0) is 74.4 Å². The van der Waals surface area contributed by atoms with E-state index in [1.54, 1.807) is 0 Å². The van der Waals surface area contributed by atoms with Crippen molar-refractivity contribution in [2.75, 3.05) is 0 Å². The first-order valence-corrected chi connectivity index (χ1v) is 12.8. The van der Waals surface area contributed by atoms with Crippen LogP contribution in [0.4, 0.5) is 21.8 Å². The molecule has 2 nitrogen and oxygen atoms in total. The SMILES string of the molecule is Cc1cc2c(s1)C1=[N+]3C(=C(C(F)(F)F)c4cc5c(n4[B-]3(F)F)-c3sc(C)cc3CC5)C=C1CC2. The van der Waals surface area contributed by atoms with Gasteiger partial charge in [0.25, 0.3) is 0 Å². The maximum absolute atomic E-state index is 16.6. The van der Waals surface area contributed by atoms with E-state index in [1.165, 1.54) is 34.8 Å². The highest BCUT2D eigenvalue weighted by Gasteiger charge is 2.60. The molecule has 0 amide bonds. The fraction of sp³-hybridized carbons (Fsp3) is 0.292. The lowest BCUT2D eigenvalue weighted by Gasteiger charge is -2.34. The molecule has 5 heterocycles. The van der Waals surface area contributed by atoms with Gasteiger partial charge >= 0.3 is 13.1 Å². The molecule has 4 aliphatic rings. The zero-order valence-corrected chi connectivity index (χ0v) is 19.9. The van der Waals surface area contributed by atoms with Crippen LogP contribution in [0.2, 0.25) is 0 Å². The fourth-order valence-electron chi connectivity index (χ4n) is 6.06. The number of thiophene rings is 2. The Bertz CT molecular complexity index is 1540. The first-order valence-electron chi connectivity index (χ1n) is 11.2. The standard InChI is InChI=1S/C24H18BF5N2S2/c1-11-7-15-5-3-13-9-17-19(24(26,27)28)18-10-14-4-6-16-8-12(2)34-23(16)21(14)32(18)25(29,30)31(17)20(13)22(15)33-11/h7-10H,3-6H2,1-2H3. The van der Waals surface area contributed by atoms with Crippen molar-refractivity contribution in [1.82, 2.24) is 4.48 Å². The van der Waals surface area contributed by atoms with Crippen molar-refractivity contribution in [1.29, 1.82) is 0 Å². The van der Waals surface area contributed by atoms with Gasteiger partial charge in [0.05, 0.1) is 9.75 Å². The number of fused-ring (bicyclic) bond motifs is 9. The smallest absolute Gasteiger partial charge is 0.389 e. The van der Waals surface area contributed by atoms with E-state index in [0.717, 1.165) is 29.8 Å². The molecule has 0 atom stereocenters. The third-order valence-electron chi connectivity index (χ3n) is 7.27. The van der Waals surface area contributed by atoms with Gasteiger partial charge in [-0.1, -0.05) is 0 Å². The van der Waals surface area contributed by atoms with E-state index in [-0.39, 0.29) is 11.4 Å². The van der Waals surface area contributed by atoms with E-state index in [2.05, 4.69) is 0 Å². The molecular formula is C24H18BF5N2S2. The van der Waals surface area contributed by atoms with Crippen LogP contribution >= 0.6 is 22.7 Å². The van der Waals surface area contributed by atoms with Gasteiger partial charge in [-0.2, -0.15) is 13.2 Å². The average molecular weight is 504 g/mol. The van der Waals surface area contributed by atoms with Gasteiger partial charge in [0.2, 0.25) is 0 Å². The van der Waals surface area contributed by atoms with Gasteiger partial charge in [-0.3, -0.25) is 0 Å². The fourth-order valence-corrected chi connectivity index (χ4v) is 8.34. The average Bonchev–Trinajstić information content (AvgIpc) is 3.46. The second kappa shape index (κ2) is 6.40. The first kappa shape index (κ1) is 20.9. The van der Waals surface area contributed by atoms with Crippen molar-refractivity contribution in [3.8, 4) is 10.6 Å². The minimum Gasteiger partial charge on any atom is -0.389 e. The molecule has 3 aromatic heterocycles. The molecule has 0 spiro atoms. The first-order chi connectivity index (χ1) is 16.1. The van der Waals surface area contributed by atoms with Crippen LogP contribution in [0.1, 0.15) is 43.4 Å². The lowest BCUT2D eigenvalue weighted by Crippen LogP contribution is -2.52. The number of rotatable bonds is 0. The third kappa shape index (κ3) is 2.53. The van der Waals surface area contributed by atoms with Gasteiger partial charge in [-0.15, -0.1) is 22.7 Å². The molecule has 10 heteroatoms. The van der Waals surface area contributed by atoms with Crippen molar-refractivity contribution < 1.29 is 26.3 Å². The Kier molecular flexibility index (Phi) is 3.93. The Balaban J connectivity index is 1.62. The van der Waals surface area contributed by atoms with Gasteiger partial charge in [0, 0.05) is 32.8 Å². The molecule has 0 saturated heterocycles. The van der Waals surface area contributed by atoms with Crippen LogP contribution in [0.25, 0.3) is 16.1 Å². The predicted molar refractivity (Wildman–Crippen MR) is 126 cm³/mol. The molecule has 174 valence electrons. The maximum atomic E-state index is 16.6. The van der Waals surface area contributed by atoms with Crippen molar-refractivity contribution in [2.45, 2.75) is 45.7 Å². The van der Waals surface area contributed by atoms with Crippen molar-refractivity contribution >= 4 is 40.9 Å². The summed E-state index contributed by atoms with van der Waals surface area (Å²) < 4.78 is 78.4. The van der Waals surface area contributed by atoms with Gasteiger partial charge < -0.3 is 17.6 Å². The van der Waals surface area contributed by atoms with Gasteiger partial charge in [0.15, 0.2) is 11.4 Å². The zero-order chi connectivity index (χ0) is 23.7. The molecule has 0 unspecified atom stereocenters. The summed E-state index contributed by atoms with van der Waals surface area (Å²) in [5.74, 6) is 0. The summed E-state index contributed by atoms with van der Waals surface area (Å²) >= 11 is 2.76. The Hall–Kier alpha value is -2.46. The number of allylic oxidation sites excluding steroid dienone is 3. The summed E-state index contributed by atoms with van der Waals surface area (Å²) in [7, 11) is 0. The van der Waals surface area contributed by atoms with Crippen LogP contribution in [0, 0.1) is 13.8 Å². The van der Waals surface area contributed by atoms with Crippen LogP contribution in [-0.2, 0) is 19.3 Å². The van der Waals surface area contributed by atoms with Crippen LogP contribution in [0.3, 0.4) is 0 Å². The molecule has 7 rings (SSSR count). The largest absolute Gasteiger partial charge is 0.738 e. The molecule has 0 N–H and O–H groups in total. The normalized spacial score (nSPS) is 19.9. The van der Waals surface area contributed by atoms with Crippen LogP contribution in [0.15, 0.2) is 35.5 Å². The number of nitrogens with zero attached hydrogens (tertiary/aromatic N) is 2. The molecule has 0 saturated carbocycles. The number of hydrogen-bond acceptors (Lipinski definition) is 2. The molecule has 0 radical (unpaired) electrons. The highest BCUT2D eigenvalue weighted by Crippen LogP contribution is 2.52. The molecule has 0 fully saturated rings. The Morgan fingerprint density at radius 2 is 1.50 bits per heavy atom. The summed E-state index contributed by atoms with van der Waals surface area (Å²) in [6.45, 7) is -0.738. The summed E-state index contributed by atoms with van der Waals surface area (Å²) in [4.78, 5) is 3.28. The third-order valence-corrected chi connectivity index (χ3v) is 9.47. The molecule has 34 heavy (non-hydrogen) atoms. The number of hydrogen-bond donors (Lipinski definition) is 0. The summed E-state index contributed by atoms with van der Waals surface area (Å²) in [5, 5.41) is 0. The van der Waals surface area contributed by atoms with Gasteiger partial charge in [0.1, 0.15) is 5.57 Å². The molecule has 0 bridgehead atoms. The van der Waals surface area contributed by atoms with Gasteiger partial charge in [-0.25, -0.2) is 0 Å². The topological polar surface area (TPSA) is 7.94 Å². The Morgan fingerprint density at radius 1 is 0.882 bits per heavy atom. The van der Waals surface area contributed by atoms with E-state index < -0.39 is 30.1 Å². The number of aryl methyl sites for hydroxylation is 5. The van der Waals surface area contributed by atoms with Crippen LogP contribution in [0.5, 0.6) is 0 Å². The quantitative estimate of drug-likeness (QED) is 0.233. The Morgan fingerprint density at radius 3 is 2.21 bits per heavy atom. The number of alkyl halides is 3. The predicted octanol–water partition coefficient (Wildman–Crippen LogP) is 6.89. The minimum absolute atomic E-state index is 0.257. The van der Waals surface area contributed by atoms with E-state index in [0.29, 0.717) is 46.6 Å². The van der Waals surface area contributed by atoms with E-state index in [1.807, 2.05) is 26.0 Å².